The minimum Gasteiger partial charge on any atom is -0.343 e. The van der Waals surface area contributed by atoms with Gasteiger partial charge in [0.25, 0.3) is 0 Å². The molecule has 0 spiro atoms. The fraction of sp³-hybridized carbons (Fsp3) is 0.391. The van der Waals surface area contributed by atoms with Crippen LogP contribution >= 0.6 is 0 Å². The molecular weight excluding hydrogens is 324 g/mol. The van der Waals surface area contributed by atoms with Gasteiger partial charge in [-0.25, -0.2) is 4.89 Å². The van der Waals surface area contributed by atoms with E-state index in [0.29, 0.717) is 6.61 Å². The van der Waals surface area contributed by atoms with Crippen molar-refractivity contribution in [3.63, 3.8) is 0 Å². The van der Waals surface area contributed by atoms with Crippen molar-refractivity contribution < 1.29 is 14.5 Å². The molecule has 1 aliphatic carbocycles. The molecule has 1 aliphatic heterocycles. The summed E-state index contributed by atoms with van der Waals surface area (Å²) in [4.78, 5) is 11.0. The Bertz CT molecular complexity index is 709. The summed E-state index contributed by atoms with van der Waals surface area (Å²) in [6.07, 6.45) is 5.96. The van der Waals surface area contributed by atoms with Gasteiger partial charge < -0.3 is 4.74 Å². The Morgan fingerprint density at radius 2 is 1.54 bits per heavy atom. The van der Waals surface area contributed by atoms with Gasteiger partial charge in [0.2, 0.25) is 6.29 Å². The van der Waals surface area contributed by atoms with E-state index in [4.69, 9.17) is 14.5 Å². The second-order valence-electron chi connectivity index (χ2n) is 7.24. The highest BCUT2D eigenvalue weighted by atomic mass is 17.2. The van der Waals surface area contributed by atoms with Crippen molar-refractivity contribution in [1.29, 1.82) is 0 Å². The lowest BCUT2D eigenvalue weighted by molar-refractivity contribution is -0.435. The van der Waals surface area contributed by atoms with Crippen LogP contribution in [-0.2, 0) is 14.5 Å². The van der Waals surface area contributed by atoms with Crippen molar-refractivity contribution >= 4 is 5.57 Å². The lowest BCUT2D eigenvalue weighted by Gasteiger charge is -2.29. The molecule has 1 heterocycles. The van der Waals surface area contributed by atoms with Crippen LogP contribution in [0.4, 0.5) is 0 Å². The standard InChI is InChI=1S/C23H26O3/c1-17(18-12-14-20(15-13-18)19-8-4-2-5-9-19)22-16-24-23(26-25-22)21-10-6-3-7-11-21/h3,6-7,10-15,19,22-23H,1-2,4-5,8-9,16H2. The van der Waals surface area contributed by atoms with Gasteiger partial charge in [0.05, 0.1) is 6.61 Å². The van der Waals surface area contributed by atoms with Crippen molar-refractivity contribution in [3.8, 4) is 0 Å². The van der Waals surface area contributed by atoms with Gasteiger partial charge in [0.15, 0.2) is 0 Å². The molecule has 136 valence electrons. The maximum absolute atomic E-state index is 5.83. The Morgan fingerprint density at radius 3 is 2.19 bits per heavy atom. The topological polar surface area (TPSA) is 27.7 Å². The third kappa shape index (κ3) is 3.90. The van der Waals surface area contributed by atoms with Gasteiger partial charge in [-0.15, -0.1) is 0 Å². The van der Waals surface area contributed by atoms with Crippen LogP contribution in [-0.4, -0.2) is 12.7 Å². The van der Waals surface area contributed by atoms with Crippen LogP contribution in [0.25, 0.3) is 5.57 Å². The molecule has 2 aliphatic rings. The second-order valence-corrected chi connectivity index (χ2v) is 7.24. The van der Waals surface area contributed by atoms with Crippen molar-refractivity contribution in [1.82, 2.24) is 0 Å². The van der Waals surface area contributed by atoms with Crippen molar-refractivity contribution in [2.75, 3.05) is 6.61 Å². The highest BCUT2D eigenvalue weighted by Crippen LogP contribution is 2.34. The van der Waals surface area contributed by atoms with E-state index < -0.39 is 6.29 Å². The van der Waals surface area contributed by atoms with E-state index in [0.717, 1.165) is 22.6 Å². The molecule has 0 bridgehead atoms. The van der Waals surface area contributed by atoms with E-state index in [1.807, 2.05) is 30.3 Å². The molecule has 26 heavy (non-hydrogen) atoms. The molecule has 3 nitrogen and oxygen atoms in total. The fourth-order valence-electron chi connectivity index (χ4n) is 3.86. The highest BCUT2D eigenvalue weighted by molar-refractivity contribution is 5.67. The average molecular weight is 350 g/mol. The highest BCUT2D eigenvalue weighted by Gasteiger charge is 2.27. The zero-order chi connectivity index (χ0) is 17.8. The molecule has 2 aromatic carbocycles. The molecule has 2 unspecified atom stereocenters. The van der Waals surface area contributed by atoms with Gasteiger partial charge in [-0.3, -0.25) is 0 Å². The third-order valence-electron chi connectivity index (χ3n) is 5.48. The van der Waals surface area contributed by atoms with E-state index in [1.165, 1.54) is 37.7 Å². The molecular formula is C23H26O3. The normalized spacial score (nSPS) is 24.3. The van der Waals surface area contributed by atoms with Gasteiger partial charge in [-0.05, 0) is 35.5 Å². The first-order chi connectivity index (χ1) is 12.8. The molecule has 1 saturated heterocycles. The van der Waals surface area contributed by atoms with E-state index >= 15 is 0 Å². The number of hydrogen-bond donors (Lipinski definition) is 0. The monoisotopic (exact) mass is 350 g/mol. The Labute approximate surface area is 155 Å². The molecule has 2 atom stereocenters. The van der Waals surface area contributed by atoms with Crippen molar-refractivity contribution in [2.24, 2.45) is 0 Å². The van der Waals surface area contributed by atoms with E-state index in [9.17, 15) is 0 Å². The van der Waals surface area contributed by atoms with Crippen LogP contribution in [0.5, 0.6) is 0 Å². The zero-order valence-electron chi connectivity index (χ0n) is 15.1. The SMILES string of the molecule is C=C(c1ccc(C2CCCCC2)cc1)C1COC(c2ccccc2)OO1. The quantitative estimate of drug-likeness (QED) is 0.653. The Kier molecular flexibility index (Phi) is 5.49. The summed E-state index contributed by atoms with van der Waals surface area (Å²) in [6, 6.07) is 18.6. The molecule has 0 N–H and O–H groups in total. The summed E-state index contributed by atoms with van der Waals surface area (Å²) in [5, 5.41) is 0. The minimum atomic E-state index is -0.478. The smallest absolute Gasteiger partial charge is 0.217 e. The van der Waals surface area contributed by atoms with Crippen LogP contribution in [0.1, 0.15) is 61.0 Å². The van der Waals surface area contributed by atoms with Gasteiger partial charge in [-0.1, -0.05) is 80.4 Å². The summed E-state index contributed by atoms with van der Waals surface area (Å²) < 4.78 is 5.83. The summed E-state index contributed by atoms with van der Waals surface area (Å²) in [6.45, 7) is 4.64. The average Bonchev–Trinajstić information content (AvgIpc) is 2.75. The molecule has 0 radical (unpaired) electrons. The predicted octanol–water partition coefficient (Wildman–Crippen LogP) is 5.79. The second kappa shape index (κ2) is 8.17. The summed E-state index contributed by atoms with van der Waals surface area (Å²) >= 11 is 0. The first kappa shape index (κ1) is 17.5. The van der Waals surface area contributed by atoms with Crippen LogP contribution in [0.2, 0.25) is 0 Å². The summed E-state index contributed by atoms with van der Waals surface area (Å²) in [7, 11) is 0. The zero-order valence-corrected chi connectivity index (χ0v) is 15.1. The summed E-state index contributed by atoms with van der Waals surface area (Å²) in [5.41, 5.74) is 4.38. The molecule has 2 aromatic rings. The Balaban J connectivity index is 1.36. The van der Waals surface area contributed by atoms with Crippen LogP contribution in [0, 0.1) is 0 Å². The van der Waals surface area contributed by atoms with E-state index in [-0.39, 0.29) is 6.10 Å². The first-order valence-corrected chi connectivity index (χ1v) is 9.59. The minimum absolute atomic E-state index is 0.282. The maximum Gasteiger partial charge on any atom is 0.217 e. The number of ether oxygens (including phenoxy) is 1. The lowest BCUT2D eigenvalue weighted by Crippen LogP contribution is -2.30. The van der Waals surface area contributed by atoms with E-state index in [2.05, 4.69) is 30.8 Å². The number of benzene rings is 2. The first-order valence-electron chi connectivity index (χ1n) is 9.59. The fourth-order valence-corrected chi connectivity index (χ4v) is 3.86. The number of rotatable bonds is 4. The lowest BCUT2D eigenvalue weighted by atomic mass is 9.83. The van der Waals surface area contributed by atoms with Gasteiger partial charge in [0.1, 0.15) is 6.10 Å². The third-order valence-corrected chi connectivity index (χ3v) is 5.48. The Hall–Kier alpha value is -1.94. The van der Waals surface area contributed by atoms with Crippen LogP contribution in [0.3, 0.4) is 0 Å². The molecule has 0 aromatic heterocycles. The molecule has 0 amide bonds. The molecule has 1 saturated carbocycles. The number of hydrogen-bond acceptors (Lipinski definition) is 3. The van der Waals surface area contributed by atoms with Crippen LogP contribution < -0.4 is 0 Å². The van der Waals surface area contributed by atoms with Gasteiger partial charge >= 0.3 is 0 Å². The summed E-state index contributed by atoms with van der Waals surface area (Å²) in [5.74, 6) is 0.718. The molecule has 4 rings (SSSR count). The molecule has 2 fully saturated rings. The van der Waals surface area contributed by atoms with Gasteiger partial charge in [0, 0.05) is 5.56 Å². The largest absolute Gasteiger partial charge is 0.343 e. The van der Waals surface area contributed by atoms with E-state index in [1.54, 1.807) is 0 Å². The molecule has 3 heteroatoms. The predicted molar refractivity (Wildman–Crippen MR) is 102 cm³/mol. The van der Waals surface area contributed by atoms with Crippen molar-refractivity contribution in [2.45, 2.75) is 50.4 Å². The van der Waals surface area contributed by atoms with Crippen molar-refractivity contribution in [3.05, 3.63) is 77.9 Å². The maximum atomic E-state index is 5.83. The van der Waals surface area contributed by atoms with Crippen LogP contribution in [0.15, 0.2) is 61.2 Å². The Morgan fingerprint density at radius 1 is 0.808 bits per heavy atom. The van der Waals surface area contributed by atoms with Gasteiger partial charge in [-0.2, -0.15) is 4.89 Å².